The number of nitrogens with zero attached hydrogens (tertiary/aromatic N) is 1. The first-order valence-electron chi connectivity index (χ1n) is 9.60. The molecule has 0 radical (unpaired) electrons. The van der Waals surface area contributed by atoms with Crippen molar-refractivity contribution in [1.29, 1.82) is 0 Å². The Morgan fingerprint density at radius 1 is 1.25 bits per heavy atom. The number of para-hydroxylation sites is 1. The van der Waals surface area contributed by atoms with Gasteiger partial charge in [0.05, 0.1) is 0 Å². The van der Waals surface area contributed by atoms with Gasteiger partial charge in [0.2, 0.25) is 5.91 Å². The summed E-state index contributed by atoms with van der Waals surface area (Å²) >= 11 is 0. The maximum atomic E-state index is 12.8. The number of likely N-dealkylation sites (tertiary alicyclic amines) is 1. The number of H-pyrrole nitrogens is 1. The van der Waals surface area contributed by atoms with Gasteiger partial charge in [-0.15, -0.1) is 0 Å². The van der Waals surface area contributed by atoms with Gasteiger partial charge in [0.1, 0.15) is 0 Å². The summed E-state index contributed by atoms with van der Waals surface area (Å²) < 4.78 is 0. The summed E-state index contributed by atoms with van der Waals surface area (Å²) in [6, 6.07) is 9.40. The van der Waals surface area contributed by atoms with E-state index in [1.807, 2.05) is 0 Å². The van der Waals surface area contributed by atoms with Crippen LogP contribution in [-0.4, -0.2) is 27.9 Å². The lowest BCUT2D eigenvalue weighted by Gasteiger charge is -2.33. The van der Waals surface area contributed by atoms with Crippen LogP contribution in [0.4, 0.5) is 0 Å². The van der Waals surface area contributed by atoms with E-state index in [0.717, 1.165) is 18.8 Å². The number of fused-ring (bicyclic) bond motifs is 2. The Labute approximate surface area is 144 Å². The van der Waals surface area contributed by atoms with Gasteiger partial charge in [-0.1, -0.05) is 31.0 Å². The number of aryl methyl sites for hydroxylation is 1. The van der Waals surface area contributed by atoms with Crippen molar-refractivity contribution < 1.29 is 4.79 Å². The number of hydrogen-bond donors (Lipinski definition) is 1. The number of rotatable bonds is 4. The molecule has 0 bridgehead atoms. The lowest BCUT2D eigenvalue weighted by atomic mass is 9.85. The molecule has 24 heavy (non-hydrogen) atoms. The number of benzene rings is 1. The molecule has 0 spiro atoms. The number of aromatic amines is 1. The van der Waals surface area contributed by atoms with Crippen LogP contribution in [0.25, 0.3) is 10.9 Å². The van der Waals surface area contributed by atoms with E-state index in [2.05, 4.69) is 47.3 Å². The molecule has 1 aromatic heterocycles. The first-order valence-corrected chi connectivity index (χ1v) is 9.60. The van der Waals surface area contributed by atoms with Crippen LogP contribution in [0.15, 0.2) is 30.5 Å². The van der Waals surface area contributed by atoms with E-state index in [-0.39, 0.29) is 0 Å². The molecule has 1 aliphatic carbocycles. The summed E-state index contributed by atoms with van der Waals surface area (Å²) in [4.78, 5) is 18.4. The summed E-state index contributed by atoms with van der Waals surface area (Å²) in [6.45, 7) is 2.25. The molecule has 1 amide bonds. The zero-order valence-electron chi connectivity index (χ0n) is 14.6. The highest BCUT2D eigenvalue weighted by molar-refractivity contribution is 5.83. The molecule has 4 rings (SSSR count). The van der Waals surface area contributed by atoms with Crippen LogP contribution in [-0.2, 0) is 11.2 Å². The standard InChI is InChI=1S/C21H28N2O/c1-15-13-16-7-2-5-11-20(16)23(15)21(24)12-6-8-17-14-22-19-10-4-3-9-18(17)19/h3-4,9-10,14-16,20,22H,2,5-8,11-13H2,1H3. The van der Waals surface area contributed by atoms with Crippen molar-refractivity contribution in [2.45, 2.75) is 70.4 Å². The fourth-order valence-corrected chi connectivity index (χ4v) is 5.04. The van der Waals surface area contributed by atoms with Crippen LogP contribution in [0, 0.1) is 5.92 Å². The summed E-state index contributed by atoms with van der Waals surface area (Å²) in [6.07, 6.45) is 11.1. The van der Waals surface area contributed by atoms with Crippen molar-refractivity contribution in [3.8, 4) is 0 Å². The second-order valence-corrected chi connectivity index (χ2v) is 7.71. The van der Waals surface area contributed by atoms with Gasteiger partial charge < -0.3 is 9.88 Å². The summed E-state index contributed by atoms with van der Waals surface area (Å²) in [5, 5.41) is 1.30. The second kappa shape index (κ2) is 6.62. The number of hydrogen-bond acceptors (Lipinski definition) is 1. The molecule has 2 heterocycles. The molecule has 2 aromatic rings. The molecular weight excluding hydrogens is 296 g/mol. The zero-order chi connectivity index (χ0) is 16.5. The molecule has 3 heteroatoms. The maximum absolute atomic E-state index is 12.8. The highest BCUT2D eigenvalue weighted by atomic mass is 16.2. The van der Waals surface area contributed by atoms with E-state index in [1.54, 1.807) is 0 Å². The molecule has 1 saturated carbocycles. The van der Waals surface area contributed by atoms with Crippen LogP contribution in [0.1, 0.15) is 57.4 Å². The van der Waals surface area contributed by atoms with Gasteiger partial charge in [0.25, 0.3) is 0 Å². The largest absolute Gasteiger partial charge is 0.361 e. The lowest BCUT2D eigenvalue weighted by Crippen LogP contribution is -2.42. The highest BCUT2D eigenvalue weighted by Gasteiger charge is 2.41. The predicted molar refractivity (Wildman–Crippen MR) is 97.9 cm³/mol. The van der Waals surface area contributed by atoms with Crippen LogP contribution >= 0.6 is 0 Å². The minimum absolute atomic E-state index is 0.386. The quantitative estimate of drug-likeness (QED) is 0.871. The smallest absolute Gasteiger partial charge is 0.223 e. The SMILES string of the molecule is CC1CC2CCCCC2N1C(=O)CCCc1c[nH]c2ccccc12. The Hall–Kier alpha value is -1.77. The first-order chi connectivity index (χ1) is 11.7. The Bertz CT molecular complexity index is 719. The molecule has 1 saturated heterocycles. The fourth-order valence-electron chi connectivity index (χ4n) is 5.04. The lowest BCUT2D eigenvalue weighted by molar-refractivity contribution is -0.134. The number of aromatic nitrogens is 1. The van der Waals surface area contributed by atoms with E-state index < -0.39 is 0 Å². The van der Waals surface area contributed by atoms with Gasteiger partial charge in [-0.3, -0.25) is 4.79 Å². The summed E-state index contributed by atoms with van der Waals surface area (Å²) in [7, 11) is 0. The molecule has 3 nitrogen and oxygen atoms in total. The average Bonchev–Trinajstić information content (AvgIpc) is 3.15. The van der Waals surface area contributed by atoms with Crippen molar-refractivity contribution >= 4 is 16.8 Å². The molecule has 128 valence electrons. The van der Waals surface area contributed by atoms with E-state index in [0.29, 0.717) is 24.4 Å². The van der Waals surface area contributed by atoms with Crippen LogP contribution < -0.4 is 0 Å². The third-order valence-corrected chi connectivity index (χ3v) is 6.14. The maximum Gasteiger partial charge on any atom is 0.223 e. The van der Waals surface area contributed by atoms with Gasteiger partial charge in [-0.2, -0.15) is 0 Å². The molecule has 1 N–H and O–H groups in total. The monoisotopic (exact) mass is 324 g/mol. The number of carbonyl (C=O) groups is 1. The third-order valence-electron chi connectivity index (χ3n) is 6.14. The molecule has 1 aromatic carbocycles. The van der Waals surface area contributed by atoms with Gasteiger partial charge >= 0.3 is 0 Å². The van der Waals surface area contributed by atoms with Crippen LogP contribution in [0.2, 0.25) is 0 Å². The summed E-state index contributed by atoms with van der Waals surface area (Å²) in [5.74, 6) is 1.16. The Morgan fingerprint density at radius 3 is 3.00 bits per heavy atom. The van der Waals surface area contributed by atoms with Crippen LogP contribution in [0.3, 0.4) is 0 Å². The van der Waals surface area contributed by atoms with Crippen LogP contribution in [0.5, 0.6) is 0 Å². The first kappa shape index (κ1) is 15.7. The number of carbonyl (C=O) groups excluding carboxylic acids is 1. The number of amides is 1. The average molecular weight is 324 g/mol. The third kappa shape index (κ3) is 2.85. The molecular formula is C21H28N2O. The highest BCUT2D eigenvalue weighted by Crippen LogP contribution is 2.39. The second-order valence-electron chi connectivity index (χ2n) is 7.71. The minimum Gasteiger partial charge on any atom is -0.361 e. The van der Waals surface area contributed by atoms with Gasteiger partial charge in [0.15, 0.2) is 0 Å². The van der Waals surface area contributed by atoms with Crippen molar-refractivity contribution in [1.82, 2.24) is 9.88 Å². The van der Waals surface area contributed by atoms with Crippen molar-refractivity contribution in [2.24, 2.45) is 5.92 Å². The van der Waals surface area contributed by atoms with E-state index >= 15 is 0 Å². The molecule has 3 atom stereocenters. The van der Waals surface area contributed by atoms with E-state index in [1.165, 1.54) is 48.6 Å². The van der Waals surface area contributed by atoms with Gasteiger partial charge in [-0.05, 0) is 56.6 Å². The van der Waals surface area contributed by atoms with E-state index in [9.17, 15) is 4.79 Å². The minimum atomic E-state index is 0.386. The Morgan fingerprint density at radius 2 is 2.08 bits per heavy atom. The zero-order valence-corrected chi connectivity index (χ0v) is 14.6. The summed E-state index contributed by atoms with van der Waals surface area (Å²) in [5.41, 5.74) is 2.53. The topological polar surface area (TPSA) is 36.1 Å². The Balaban J connectivity index is 1.36. The van der Waals surface area contributed by atoms with Crippen molar-refractivity contribution in [2.75, 3.05) is 0 Å². The predicted octanol–water partition coefficient (Wildman–Crippen LogP) is 4.67. The molecule has 1 aliphatic heterocycles. The molecule has 2 aliphatic rings. The normalized spacial score (nSPS) is 26.7. The van der Waals surface area contributed by atoms with Crippen molar-refractivity contribution in [3.05, 3.63) is 36.0 Å². The number of nitrogens with one attached hydrogen (secondary N) is 1. The van der Waals surface area contributed by atoms with E-state index in [4.69, 9.17) is 0 Å². The van der Waals surface area contributed by atoms with Crippen molar-refractivity contribution in [3.63, 3.8) is 0 Å². The Kier molecular flexibility index (Phi) is 4.34. The molecule has 3 unspecified atom stereocenters. The van der Waals surface area contributed by atoms with Gasteiger partial charge in [-0.25, -0.2) is 0 Å². The molecule has 2 fully saturated rings. The fraction of sp³-hybridized carbons (Fsp3) is 0.571. The van der Waals surface area contributed by atoms with Gasteiger partial charge in [0, 0.05) is 35.6 Å².